The monoisotopic (exact) mass is 465 g/mol. The van der Waals surface area contributed by atoms with Crippen LogP contribution < -0.4 is 0 Å². The summed E-state index contributed by atoms with van der Waals surface area (Å²) < 4.78 is 16.8. The van der Waals surface area contributed by atoms with Gasteiger partial charge in [-0.25, -0.2) is 8.70 Å². The lowest BCUT2D eigenvalue weighted by molar-refractivity contribution is 0.233. The molecule has 32 heavy (non-hydrogen) atoms. The number of fused-ring (bicyclic) bond motifs is 1. The topological polar surface area (TPSA) is 22.3 Å². The Balaban J connectivity index is 1.42. The van der Waals surface area contributed by atoms with Crippen LogP contribution >= 0.6 is 23.5 Å². The highest BCUT2D eigenvalue weighted by Crippen LogP contribution is 2.35. The SMILES string of the molecule is Cc1cc(SN2CCN(C)CC2)ccc1-c1ccc2[nH]c(-c3c(F)cccc3Cl)cc2c1. The van der Waals surface area contributed by atoms with Crippen molar-refractivity contribution in [1.82, 2.24) is 14.2 Å². The average Bonchev–Trinajstić information content (AvgIpc) is 3.18. The van der Waals surface area contributed by atoms with Gasteiger partial charge in [0.15, 0.2) is 0 Å². The second kappa shape index (κ2) is 8.91. The van der Waals surface area contributed by atoms with Crippen molar-refractivity contribution in [3.63, 3.8) is 0 Å². The standard InChI is InChI=1S/C26H25ClFN3S/c1-17-14-20(32-31-12-10-30(2)11-13-31)7-8-21(17)18-6-9-24-19(15-18)16-25(29-24)26-22(27)4-3-5-23(26)28/h3-9,14-16,29H,10-13H2,1-2H3. The summed E-state index contributed by atoms with van der Waals surface area (Å²) >= 11 is 8.11. The van der Waals surface area contributed by atoms with Crippen LogP contribution in [0.3, 0.4) is 0 Å². The van der Waals surface area contributed by atoms with Gasteiger partial charge in [0.05, 0.1) is 16.3 Å². The van der Waals surface area contributed by atoms with E-state index in [9.17, 15) is 4.39 Å². The second-order valence-electron chi connectivity index (χ2n) is 8.38. The van der Waals surface area contributed by atoms with Crippen LogP contribution in [-0.2, 0) is 0 Å². The van der Waals surface area contributed by atoms with E-state index in [1.165, 1.54) is 22.1 Å². The molecule has 0 amide bonds. The molecule has 1 N–H and O–H groups in total. The fraction of sp³-hybridized carbons (Fsp3) is 0.231. The first-order chi connectivity index (χ1) is 15.5. The van der Waals surface area contributed by atoms with Crippen LogP contribution in [0, 0.1) is 12.7 Å². The number of aryl methyl sites for hydroxylation is 1. The third-order valence-corrected chi connectivity index (χ3v) is 7.46. The van der Waals surface area contributed by atoms with Crippen LogP contribution in [-0.4, -0.2) is 47.4 Å². The van der Waals surface area contributed by atoms with Gasteiger partial charge in [-0.05, 0) is 85.1 Å². The highest BCUT2D eigenvalue weighted by molar-refractivity contribution is 7.97. The van der Waals surface area contributed by atoms with Crippen molar-refractivity contribution in [3.8, 4) is 22.4 Å². The molecule has 0 saturated carbocycles. The van der Waals surface area contributed by atoms with Crippen LogP contribution in [0.15, 0.2) is 65.6 Å². The first kappa shape index (κ1) is 21.5. The maximum atomic E-state index is 14.4. The van der Waals surface area contributed by atoms with E-state index >= 15 is 0 Å². The van der Waals surface area contributed by atoms with E-state index in [1.54, 1.807) is 12.1 Å². The number of benzene rings is 3. The van der Waals surface area contributed by atoms with Crippen molar-refractivity contribution in [3.05, 3.63) is 77.1 Å². The Labute approximate surface area is 197 Å². The Hall–Kier alpha value is -2.31. The number of hydrogen-bond acceptors (Lipinski definition) is 3. The molecular weight excluding hydrogens is 441 g/mol. The molecule has 3 nitrogen and oxygen atoms in total. The van der Waals surface area contributed by atoms with E-state index in [1.807, 2.05) is 18.0 Å². The minimum atomic E-state index is -0.325. The number of likely N-dealkylation sites (N-methyl/N-ethyl adjacent to an activating group) is 1. The van der Waals surface area contributed by atoms with Gasteiger partial charge in [0.25, 0.3) is 0 Å². The van der Waals surface area contributed by atoms with Gasteiger partial charge >= 0.3 is 0 Å². The van der Waals surface area contributed by atoms with Crippen molar-refractivity contribution >= 4 is 34.5 Å². The van der Waals surface area contributed by atoms with E-state index in [4.69, 9.17) is 11.6 Å². The molecule has 1 saturated heterocycles. The predicted octanol–water partition coefficient (Wildman–Crippen LogP) is 6.86. The highest BCUT2D eigenvalue weighted by Gasteiger charge is 2.16. The van der Waals surface area contributed by atoms with Crippen molar-refractivity contribution in [1.29, 1.82) is 0 Å². The Bertz CT molecular complexity index is 1260. The van der Waals surface area contributed by atoms with Gasteiger partial charge in [0.1, 0.15) is 5.82 Å². The number of nitrogens with one attached hydrogen (secondary N) is 1. The maximum absolute atomic E-state index is 14.4. The van der Waals surface area contributed by atoms with Crippen LogP contribution in [0.5, 0.6) is 0 Å². The number of halogens is 2. The van der Waals surface area contributed by atoms with E-state index < -0.39 is 0 Å². The van der Waals surface area contributed by atoms with Crippen LogP contribution in [0.25, 0.3) is 33.3 Å². The van der Waals surface area contributed by atoms with Crippen molar-refractivity contribution < 1.29 is 4.39 Å². The van der Waals surface area contributed by atoms with E-state index in [0.717, 1.165) is 42.6 Å². The zero-order valence-corrected chi connectivity index (χ0v) is 19.7. The summed E-state index contributed by atoms with van der Waals surface area (Å²) in [5, 5.41) is 1.44. The lowest BCUT2D eigenvalue weighted by Crippen LogP contribution is -2.40. The molecule has 1 aliphatic heterocycles. The van der Waals surface area contributed by atoms with Crippen LogP contribution in [0.4, 0.5) is 4.39 Å². The molecule has 0 spiro atoms. The van der Waals surface area contributed by atoms with E-state index in [-0.39, 0.29) is 5.82 Å². The van der Waals surface area contributed by atoms with E-state index in [2.05, 4.69) is 64.6 Å². The highest BCUT2D eigenvalue weighted by atomic mass is 35.5. The molecule has 3 aromatic carbocycles. The van der Waals surface area contributed by atoms with Gasteiger partial charge in [0, 0.05) is 42.0 Å². The largest absolute Gasteiger partial charge is 0.354 e. The summed E-state index contributed by atoms with van der Waals surface area (Å²) in [6.45, 7) is 6.55. The van der Waals surface area contributed by atoms with Crippen molar-refractivity contribution in [2.75, 3.05) is 33.2 Å². The Morgan fingerprint density at radius 1 is 0.969 bits per heavy atom. The molecule has 4 aromatic rings. The third-order valence-electron chi connectivity index (χ3n) is 6.06. The Morgan fingerprint density at radius 3 is 2.53 bits per heavy atom. The zero-order chi connectivity index (χ0) is 22.2. The van der Waals surface area contributed by atoms with Gasteiger partial charge in [-0.15, -0.1) is 0 Å². The number of nitrogens with zero attached hydrogens (tertiary/aromatic N) is 2. The summed E-state index contributed by atoms with van der Waals surface area (Å²) in [6.07, 6.45) is 0. The Kier molecular flexibility index (Phi) is 5.99. The molecule has 5 rings (SSSR count). The predicted molar refractivity (Wildman–Crippen MR) is 134 cm³/mol. The zero-order valence-electron chi connectivity index (χ0n) is 18.2. The summed E-state index contributed by atoms with van der Waals surface area (Å²) in [6, 6.07) is 19.7. The first-order valence-electron chi connectivity index (χ1n) is 10.8. The fourth-order valence-corrected chi connectivity index (χ4v) is 5.50. The third kappa shape index (κ3) is 4.30. The molecule has 1 fully saturated rings. The number of H-pyrrole nitrogens is 1. The van der Waals surface area contributed by atoms with Gasteiger partial charge in [0.2, 0.25) is 0 Å². The molecule has 2 heterocycles. The lowest BCUT2D eigenvalue weighted by Gasteiger charge is -2.31. The second-order valence-corrected chi connectivity index (χ2v) is 9.96. The smallest absolute Gasteiger partial charge is 0.134 e. The summed E-state index contributed by atoms with van der Waals surface area (Å²) in [4.78, 5) is 6.95. The van der Waals surface area contributed by atoms with Crippen molar-refractivity contribution in [2.24, 2.45) is 0 Å². The normalized spacial score (nSPS) is 15.5. The molecule has 0 bridgehead atoms. The number of piperazine rings is 1. The molecule has 1 aromatic heterocycles. The average molecular weight is 466 g/mol. The molecule has 0 unspecified atom stereocenters. The van der Waals surface area contributed by atoms with Crippen molar-refractivity contribution in [2.45, 2.75) is 11.8 Å². The van der Waals surface area contributed by atoms with Gasteiger partial charge in [-0.2, -0.15) is 0 Å². The molecule has 0 radical (unpaired) electrons. The van der Waals surface area contributed by atoms with Gasteiger partial charge in [-0.1, -0.05) is 29.8 Å². The number of hydrogen-bond donors (Lipinski definition) is 1. The molecule has 164 valence electrons. The van der Waals surface area contributed by atoms with Gasteiger partial charge in [-0.3, -0.25) is 0 Å². The van der Waals surface area contributed by atoms with Crippen LogP contribution in [0.2, 0.25) is 5.02 Å². The maximum Gasteiger partial charge on any atom is 0.134 e. The summed E-state index contributed by atoms with van der Waals surface area (Å²) in [7, 11) is 2.18. The number of rotatable bonds is 4. The molecular formula is C26H25ClFN3S. The van der Waals surface area contributed by atoms with Gasteiger partial charge < -0.3 is 9.88 Å². The fourth-order valence-electron chi connectivity index (χ4n) is 4.24. The minimum absolute atomic E-state index is 0.325. The first-order valence-corrected chi connectivity index (χ1v) is 11.9. The van der Waals surface area contributed by atoms with Crippen LogP contribution in [0.1, 0.15) is 5.56 Å². The summed E-state index contributed by atoms with van der Waals surface area (Å²) in [5.41, 5.74) is 5.67. The molecule has 6 heteroatoms. The Morgan fingerprint density at radius 2 is 1.78 bits per heavy atom. The minimum Gasteiger partial charge on any atom is -0.354 e. The molecule has 0 aliphatic carbocycles. The quantitative estimate of drug-likeness (QED) is 0.333. The van der Waals surface area contributed by atoms with E-state index in [0.29, 0.717) is 16.3 Å². The summed E-state index contributed by atoms with van der Waals surface area (Å²) in [5.74, 6) is -0.325. The lowest BCUT2D eigenvalue weighted by atomic mass is 9.99. The number of aromatic nitrogens is 1. The molecule has 0 atom stereocenters. The molecule has 1 aliphatic rings. The number of aromatic amines is 1.